The van der Waals surface area contributed by atoms with E-state index < -0.39 is 5.97 Å². The fourth-order valence-electron chi connectivity index (χ4n) is 1.43. The second kappa shape index (κ2) is 4.50. The maximum Gasteiger partial charge on any atom is 0.339 e. The summed E-state index contributed by atoms with van der Waals surface area (Å²) in [5.41, 5.74) is 0.621. The lowest BCUT2D eigenvalue weighted by Crippen LogP contribution is -2.22. The predicted molar refractivity (Wildman–Crippen MR) is 63.8 cm³/mol. The third kappa shape index (κ3) is 2.12. The van der Waals surface area contributed by atoms with Gasteiger partial charge in [0.2, 0.25) is 0 Å². The fourth-order valence-corrected chi connectivity index (χ4v) is 2.04. The number of aryl methyl sites for hydroxylation is 1. The van der Waals surface area contributed by atoms with Crippen LogP contribution in [0.1, 0.15) is 15.9 Å². The van der Waals surface area contributed by atoms with E-state index in [4.69, 9.17) is 0 Å². The number of nitrogens with zero attached hydrogens (tertiary/aromatic N) is 2. The van der Waals surface area contributed by atoms with Crippen molar-refractivity contribution < 1.29 is 9.53 Å². The Hall–Kier alpha value is -1.95. The predicted octanol–water partition coefficient (Wildman–Crippen LogP) is 1.39. The summed E-state index contributed by atoms with van der Waals surface area (Å²) in [5.74, 6) is -0.474. The molecule has 5 nitrogen and oxygen atoms in total. The molecular formula is C11H10N2O3S. The van der Waals surface area contributed by atoms with Crippen LogP contribution in [0.25, 0.3) is 5.13 Å². The molecular weight excluding hydrogens is 240 g/mol. The molecule has 0 saturated carbocycles. The molecule has 17 heavy (non-hydrogen) atoms. The standard InChI is InChI=1S/C11H10N2O3S/c1-7-5-8(10(15)16-2)6-13(9(7)14)11-12-3-4-17-11/h3-6H,1-2H3. The zero-order valence-electron chi connectivity index (χ0n) is 9.34. The Bertz CT molecular complexity index is 602. The number of thiazole rings is 1. The summed E-state index contributed by atoms with van der Waals surface area (Å²) >= 11 is 1.33. The van der Waals surface area contributed by atoms with Crippen LogP contribution in [0.5, 0.6) is 0 Å². The van der Waals surface area contributed by atoms with E-state index in [1.807, 2.05) is 0 Å². The largest absolute Gasteiger partial charge is 0.465 e. The number of esters is 1. The first-order valence-corrected chi connectivity index (χ1v) is 5.73. The molecule has 0 amide bonds. The third-order valence-electron chi connectivity index (χ3n) is 2.24. The van der Waals surface area contributed by atoms with Gasteiger partial charge in [0.05, 0.1) is 12.7 Å². The highest BCUT2D eigenvalue weighted by molar-refractivity contribution is 7.12. The van der Waals surface area contributed by atoms with Crippen molar-refractivity contribution >= 4 is 17.3 Å². The number of pyridine rings is 1. The summed E-state index contributed by atoms with van der Waals surface area (Å²) in [5, 5.41) is 2.30. The van der Waals surface area contributed by atoms with Crippen molar-refractivity contribution in [2.75, 3.05) is 7.11 Å². The average molecular weight is 250 g/mol. The van der Waals surface area contributed by atoms with E-state index in [1.54, 1.807) is 18.5 Å². The molecule has 0 bridgehead atoms. The minimum absolute atomic E-state index is 0.187. The zero-order chi connectivity index (χ0) is 12.4. The maximum absolute atomic E-state index is 11.9. The summed E-state index contributed by atoms with van der Waals surface area (Å²) in [6.07, 6.45) is 3.05. The van der Waals surface area contributed by atoms with Crippen LogP contribution >= 0.6 is 11.3 Å². The summed E-state index contributed by atoms with van der Waals surface area (Å²) in [4.78, 5) is 27.4. The first-order valence-electron chi connectivity index (χ1n) is 4.85. The zero-order valence-corrected chi connectivity index (χ0v) is 10.2. The molecule has 2 rings (SSSR count). The van der Waals surface area contributed by atoms with Crippen molar-refractivity contribution in [3.8, 4) is 5.13 Å². The van der Waals surface area contributed by atoms with Gasteiger partial charge in [-0.25, -0.2) is 9.78 Å². The molecule has 2 heterocycles. The number of carbonyl (C=O) groups excluding carboxylic acids is 1. The van der Waals surface area contributed by atoms with Gasteiger partial charge in [0.15, 0.2) is 5.13 Å². The molecule has 0 radical (unpaired) electrons. The number of carbonyl (C=O) groups is 1. The van der Waals surface area contributed by atoms with Crippen LogP contribution in [0.15, 0.2) is 28.6 Å². The Morgan fingerprint density at radius 1 is 1.53 bits per heavy atom. The first kappa shape index (κ1) is 11.5. The molecule has 0 aliphatic carbocycles. The summed E-state index contributed by atoms with van der Waals surface area (Å²) in [7, 11) is 1.30. The highest BCUT2D eigenvalue weighted by Crippen LogP contribution is 2.11. The van der Waals surface area contributed by atoms with Crippen LogP contribution in [0.4, 0.5) is 0 Å². The van der Waals surface area contributed by atoms with Crippen molar-refractivity contribution in [1.29, 1.82) is 0 Å². The fraction of sp³-hybridized carbons (Fsp3) is 0.182. The van der Waals surface area contributed by atoms with E-state index in [1.165, 1.54) is 35.3 Å². The molecule has 2 aromatic rings. The van der Waals surface area contributed by atoms with Gasteiger partial charge in [-0.15, -0.1) is 11.3 Å². The van der Waals surface area contributed by atoms with Gasteiger partial charge in [0.1, 0.15) is 0 Å². The summed E-state index contributed by atoms with van der Waals surface area (Å²) in [6.45, 7) is 1.65. The Morgan fingerprint density at radius 2 is 2.29 bits per heavy atom. The van der Waals surface area contributed by atoms with Crippen molar-refractivity contribution in [2.45, 2.75) is 6.92 Å². The monoisotopic (exact) mass is 250 g/mol. The lowest BCUT2D eigenvalue weighted by molar-refractivity contribution is 0.0600. The summed E-state index contributed by atoms with van der Waals surface area (Å²) < 4.78 is 5.99. The maximum atomic E-state index is 11.9. The Labute approximate surface area is 101 Å². The minimum Gasteiger partial charge on any atom is -0.465 e. The number of aromatic nitrogens is 2. The molecule has 0 atom stereocenters. The van der Waals surface area contributed by atoms with Crippen LogP contribution < -0.4 is 5.56 Å². The van der Waals surface area contributed by atoms with Gasteiger partial charge in [0, 0.05) is 23.3 Å². The van der Waals surface area contributed by atoms with E-state index in [0.717, 1.165) is 0 Å². The lowest BCUT2D eigenvalue weighted by Gasteiger charge is -2.06. The lowest BCUT2D eigenvalue weighted by atomic mass is 10.2. The van der Waals surface area contributed by atoms with Crippen LogP contribution in [0.3, 0.4) is 0 Å². The molecule has 0 unspecified atom stereocenters. The highest BCUT2D eigenvalue weighted by Gasteiger charge is 2.12. The van der Waals surface area contributed by atoms with E-state index in [-0.39, 0.29) is 5.56 Å². The first-order chi connectivity index (χ1) is 8.13. The number of hydrogen-bond acceptors (Lipinski definition) is 5. The normalized spacial score (nSPS) is 10.2. The number of rotatable bonds is 2. The number of methoxy groups -OCH3 is 1. The molecule has 0 aliphatic rings. The molecule has 0 aromatic carbocycles. The van der Waals surface area contributed by atoms with Gasteiger partial charge in [-0.05, 0) is 13.0 Å². The van der Waals surface area contributed by atoms with E-state index in [9.17, 15) is 9.59 Å². The second-order valence-corrected chi connectivity index (χ2v) is 4.27. The molecule has 0 saturated heterocycles. The average Bonchev–Trinajstić information content (AvgIpc) is 2.85. The second-order valence-electron chi connectivity index (χ2n) is 3.39. The molecule has 0 spiro atoms. The summed E-state index contributed by atoms with van der Waals surface area (Å²) in [6, 6.07) is 1.51. The van der Waals surface area contributed by atoms with Gasteiger partial charge in [-0.1, -0.05) is 0 Å². The quantitative estimate of drug-likeness (QED) is 0.756. The topological polar surface area (TPSA) is 61.2 Å². The van der Waals surface area contributed by atoms with Crippen molar-refractivity contribution in [2.24, 2.45) is 0 Å². The third-order valence-corrected chi connectivity index (χ3v) is 3.01. The molecule has 0 N–H and O–H groups in total. The van der Waals surface area contributed by atoms with E-state index in [0.29, 0.717) is 16.3 Å². The van der Waals surface area contributed by atoms with Gasteiger partial charge in [-0.3, -0.25) is 9.36 Å². The number of ether oxygens (including phenoxy) is 1. The molecule has 0 aliphatic heterocycles. The molecule has 0 fully saturated rings. The molecule has 6 heteroatoms. The Balaban J connectivity index is 2.63. The smallest absolute Gasteiger partial charge is 0.339 e. The van der Waals surface area contributed by atoms with E-state index >= 15 is 0 Å². The SMILES string of the molecule is COC(=O)c1cc(C)c(=O)n(-c2nccs2)c1. The molecule has 88 valence electrons. The Morgan fingerprint density at radius 3 is 2.88 bits per heavy atom. The molecule has 2 aromatic heterocycles. The van der Waals surface area contributed by atoms with Crippen LogP contribution in [-0.4, -0.2) is 22.6 Å². The van der Waals surface area contributed by atoms with Gasteiger partial charge in [-0.2, -0.15) is 0 Å². The van der Waals surface area contributed by atoms with Gasteiger partial charge < -0.3 is 4.74 Å². The van der Waals surface area contributed by atoms with Gasteiger partial charge in [0.25, 0.3) is 5.56 Å². The van der Waals surface area contributed by atoms with Crippen molar-refractivity contribution in [3.63, 3.8) is 0 Å². The highest BCUT2D eigenvalue weighted by atomic mass is 32.1. The van der Waals surface area contributed by atoms with Crippen LogP contribution in [-0.2, 0) is 4.74 Å². The van der Waals surface area contributed by atoms with Gasteiger partial charge >= 0.3 is 5.97 Å². The minimum atomic E-state index is -0.474. The van der Waals surface area contributed by atoms with Crippen molar-refractivity contribution in [3.05, 3.63) is 45.3 Å². The van der Waals surface area contributed by atoms with E-state index in [2.05, 4.69) is 9.72 Å². The Kier molecular flexibility index (Phi) is 3.06. The van der Waals surface area contributed by atoms with Crippen molar-refractivity contribution in [1.82, 2.24) is 9.55 Å². The number of hydrogen-bond donors (Lipinski definition) is 0. The van der Waals surface area contributed by atoms with Crippen LogP contribution in [0.2, 0.25) is 0 Å². The van der Waals surface area contributed by atoms with Crippen LogP contribution in [0, 0.1) is 6.92 Å².